The van der Waals surface area contributed by atoms with Gasteiger partial charge in [0.2, 0.25) is 5.91 Å². The summed E-state index contributed by atoms with van der Waals surface area (Å²) in [7, 11) is 0. The Kier molecular flexibility index (Phi) is 2.64. The highest BCUT2D eigenvalue weighted by Gasteiger charge is 2.48. The van der Waals surface area contributed by atoms with Crippen LogP contribution in [0.5, 0.6) is 0 Å². The highest BCUT2D eigenvalue weighted by Crippen LogP contribution is 2.47. The molecule has 0 aliphatic carbocycles. The number of fused-ring (bicyclic) bond motifs is 6. The lowest BCUT2D eigenvalue weighted by Crippen LogP contribution is -2.49. The van der Waals surface area contributed by atoms with Gasteiger partial charge in [0.25, 0.3) is 0 Å². The number of hydrogen-bond acceptors (Lipinski definition) is 2. The number of ether oxygens (including phenoxy) is 1. The van der Waals surface area contributed by atoms with Crippen molar-refractivity contribution in [3.8, 4) is 0 Å². The van der Waals surface area contributed by atoms with Crippen LogP contribution in [0.4, 0.5) is 0 Å². The van der Waals surface area contributed by atoms with Crippen molar-refractivity contribution < 1.29 is 9.53 Å². The molecule has 0 amide bonds. The van der Waals surface area contributed by atoms with Gasteiger partial charge in [0.1, 0.15) is 0 Å². The van der Waals surface area contributed by atoms with Crippen molar-refractivity contribution in [3.63, 3.8) is 0 Å². The lowest BCUT2D eigenvalue weighted by Gasteiger charge is -2.44. The molecule has 1 fully saturated rings. The number of rotatable bonds is 1. The third-order valence-electron chi connectivity index (χ3n) is 5.23. The Balaban J connectivity index is 2.07. The maximum atomic E-state index is 13.1. The minimum atomic E-state index is -0.121. The van der Waals surface area contributed by atoms with Crippen LogP contribution in [0, 0.1) is 18.8 Å². The lowest BCUT2D eigenvalue weighted by atomic mass is 9.72. The number of benzene rings is 1. The molecule has 0 spiro atoms. The Morgan fingerprint density at radius 3 is 2.90 bits per heavy atom. The van der Waals surface area contributed by atoms with Gasteiger partial charge in [0.05, 0.1) is 24.1 Å². The Morgan fingerprint density at radius 1 is 1.38 bits per heavy atom. The molecule has 1 aromatic heterocycles. The predicted molar refractivity (Wildman–Crippen MR) is 82.6 cm³/mol. The van der Waals surface area contributed by atoms with E-state index in [-0.39, 0.29) is 29.8 Å². The number of carbonyl (C=O) groups is 1. The number of nitrogens with zero attached hydrogens (tertiary/aromatic N) is 1. The van der Waals surface area contributed by atoms with E-state index < -0.39 is 0 Å². The van der Waals surface area contributed by atoms with E-state index in [0.717, 1.165) is 11.2 Å². The molecule has 4 rings (SSSR count). The van der Waals surface area contributed by atoms with Crippen molar-refractivity contribution in [3.05, 3.63) is 48.2 Å². The molecule has 3 heteroatoms. The highest BCUT2D eigenvalue weighted by molar-refractivity contribution is 5.98. The summed E-state index contributed by atoms with van der Waals surface area (Å²) < 4.78 is 7.82. The number of aryl methyl sites for hydroxylation is 1. The van der Waals surface area contributed by atoms with Gasteiger partial charge in [-0.3, -0.25) is 9.36 Å². The van der Waals surface area contributed by atoms with Gasteiger partial charge in [0, 0.05) is 22.9 Å². The van der Waals surface area contributed by atoms with Crippen molar-refractivity contribution in [1.29, 1.82) is 0 Å². The summed E-state index contributed by atoms with van der Waals surface area (Å²) in [6.07, 6.45) is 1.90. The number of hydrogen-bond donors (Lipinski definition) is 0. The molecule has 3 heterocycles. The fourth-order valence-corrected chi connectivity index (χ4v) is 4.22. The fourth-order valence-electron chi connectivity index (χ4n) is 4.22. The lowest BCUT2D eigenvalue weighted by molar-refractivity contribution is -0.0487. The Bertz CT molecular complexity index is 758. The monoisotopic (exact) mass is 281 g/mol. The van der Waals surface area contributed by atoms with Crippen LogP contribution in [0.25, 0.3) is 10.9 Å². The first-order valence-electron chi connectivity index (χ1n) is 7.53. The van der Waals surface area contributed by atoms with E-state index in [4.69, 9.17) is 4.74 Å². The summed E-state index contributed by atoms with van der Waals surface area (Å²) in [4.78, 5) is 13.1. The smallest absolute Gasteiger partial charge is 0.237 e. The van der Waals surface area contributed by atoms with Crippen LogP contribution in [-0.4, -0.2) is 23.2 Å². The zero-order valence-electron chi connectivity index (χ0n) is 12.4. The minimum Gasteiger partial charge on any atom is -0.377 e. The van der Waals surface area contributed by atoms with Crippen LogP contribution >= 0.6 is 0 Å². The largest absolute Gasteiger partial charge is 0.377 e. The van der Waals surface area contributed by atoms with Gasteiger partial charge < -0.3 is 4.74 Å². The van der Waals surface area contributed by atoms with E-state index in [1.807, 2.05) is 35.8 Å². The van der Waals surface area contributed by atoms with Gasteiger partial charge in [0.15, 0.2) is 0 Å². The van der Waals surface area contributed by atoms with E-state index in [1.165, 1.54) is 10.9 Å². The molecule has 2 aromatic rings. The van der Waals surface area contributed by atoms with E-state index >= 15 is 0 Å². The first-order chi connectivity index (χ1) is 10.1. The maximum absolute atomic E-state index is 13.1. The standard InChI is InChI=1S/C18H19NO2/c1-4-12-14-9-21-11(3)16(12)18(20)19-15-8-6-5-7-13(15)10(2)17(14)19/h4-8,11-12,14,16H,1,9H2,2-3H3/t11?,12-,14-,16+/m1/s1. The van der Waals surface area contributed by atoms with Crippen molar-refractivity contribution in [1.82, 2.24) is 4.57 Å². The number of para-hydroxylation sites is 1. The van der Waals surface area contributed by atoms with Gasteiger partial charge in [-0.2, -0.15) is 0 Å². The molecule has 1 aromatic carbocycles. The molecule has 108 valence electrons. The van der Waals surface area contributed by atoms with Gasteiger partial charge >= 0.3 is 0 Å². The van der Waals surface area contributed by atoms with Gasteiger partial charge in [-0.15, -0.1) is 6.58 Å². The molecular formula is C18H19NO2. The van der Waals surface area contributed by atoms with Gasteiger partial charge in [-0.1, -0.05) is 24.3 Å². The maximum Gasteiger partial charge on any atom is 0.237 e. The van der Waals surface area contributed by atoms with E-state index in [0.29, 0.717) is 6.61 Å². The van der Waals surface area contributed by atoms with Crippen LogP contribution in [0.3, 0.4) is 0 Å². The molecular weight excluding hydrogens is 262 g/mol. The third kappa shape index (κ3) is 1.50. The molecule has 1 unspecified atom stereocenters. The van der Waals surface area contributed by atoms with Gasteiger partial charge in [-0.25, -0.2) is 0 Å². The molecule has 2 bridgehead atoms. The predicted octanol–water partition coefficient (Wildman–Crippen LogP) is 3.52. The van der Waals surface area contributed by atoms with E-state index in [1.54, 1.807) is 0 Å². The van der Waals surface area contributed by atoms with Crippen LogP contribution < -0.4 is 0 Å². The van der Waals surface area contributed by atoms with Crippen LogP contribution in [0.15, 0.2) is 36.9 Å². The molecule has 3 nitrogen and oxygen atoms in total. The third-order valence-corrected chi connectivity index (χ3v) is 5.23. The number of allylic oxidation sites excluding steroid dienone is 1. The summed E-state index contributed by atoms with van der Waals surface area (Å²) in [6, 6.07) is 8.17. The first kappa shape index (κ1) is 12.8. The summed E-state index contributed by atoms with van der Waals surface area (Å²) in [5, 5.41) is 1.17. The van der Waals surface area contributed by atoms with Crippen molar-refractivity contribution in [2.75, 3.05) is 6.61 Å². The zero-order valence-corrected chi connectivity index (χ0v) is 12.4. The normalized spacial score (nSPS) is 31.2. The first-order valence-corrected chi connectivity index (χ1v) is 7.53. The minimum absolute atomic E-state index is 0.0497. The molecule has 0 saturated carbocycles. The van der Waals surface area contributed by atoms with E-state index in [9.17, 15) is 4.79 Å². The van der Waals surface area contributed by atoms with E-state index in [2.05, 4.69) is 19.6 Å². The summed E-state index contributed by atoms with van der Waals surface area (Å²) in [5.74, 6) is 0.442. The summed E-state index contributed by atoms with van der Waals surface area (Å²) in [6.45, 7) is 8.75. The molecule has 2 aliphatic rings. The number of carbonyl (C=O) groups excluding carboxylic acids is 1. The molecule has 0 radical (unpaired) electrons. The SMILES string of the molecule is C=C[C@@H]1[C@H]2COC(C)[C@@H]1C(=O)n1c2c(C)c2ccccc21. The van der Waals surface area contributed by atoms with Crippen molar-refractivity contribution in [2.24, 2.45) is 11.8 Å². The topological polar surface area (TPSA) is 31.2 Å². The zero-order chi connectivity index (χ0) is 14.7. The van der Waals surface area contributed by atoms with Gasteiger partial charge in [-0.05, 0) is 25.5 Å². The molecule has 0 N–H and O–H groups in total. The Morgan fingerprint density at radius 2 is 2.14 bits per heavy atom. The highest BCUT2D eigenvalue weighted by atomic mass is 16.5. The fraction of sp³-hybridized carbons (Fsp3) is 0.389. The summed E-state index contributed by atoms with van der Waals surface area (Å²) >= 11 is 0. The average molecular weight is 281 g/mol. The number of aromatic nitrogens is 1. The van der Waals surface area contributed by atoms with Crippen LogP contribution in [-0.2, 0) is 4.74 Å². The van der Waals surface area contributed by atoms with Crippen LogP contribution in [0.2, 0.25) is 0 Å². The van der Waals surface area contributed by atoms with Crippen LogP contribution in [0.1, 0.15) is 28.9 Å². The molecule has 21 heavy (non-hydrogen) atoms. The Hall–Kier alpha value is -1.87. The molecule has 2 aliphatic heterocycles. The quantitative estimate of drug-likeness (QED) is 0.749. The second-order valence-corrected chi connectivity index (χ2v) is 6.18. The Labute approximate surface area is 124 Å². The average Bonchev–Trinajstić information content (AvgIpc) is 2.80. The second kappa shape index (κ2) is 4.31. The molecule has 1 saturated heterocycles. The van der Waals surface area contributed by atoms with Crippen molar-refractivity contribution in [2.45, 2.75) is 25.9 Å². The summed E-state index contributed by atoms with van der Waals surface area (Å²) in [5.41, 5.74) is 3.35. The molecule has 4 atom stereocenters. The van der Waals surface area contributed by atoms with Crippen molar-refractivity contribution >= 4 is 16.8 Å². The second-order valence-electron chi connectivity index (χ2n) is 6.18.